The molecule has 2 amide bonds. The van der Waals surface area contributed by atoms with Crippen molar-refractivity contribution in [2.24, 2.45) is 0 Å². The third-order valence-electron chi connectivity index (χ3n) is 4.29. The number of fused-ring (bicyclic) bond motifs is 1. The highest BCUT2D eigenvalue weighted by Crippen LogP contribution is 2.24. The summed E-state index contributed by atoms with van der Waals surface area (Å²) in [6, 6.07) is 5.02. The summed E-state index contributed by atoms with van der Waals surface area (Å²) in [7, 11) is 1.67. The van der Waals surface area contributed by atoms with E-state index in [-0.39, 0.29) is 11.8 Å². The van der Waals surface area contributed by atoms with Gasteiger partial charge in [-0.1, -0.05) is 11.6 Å². The van der Waals surface area contributed by atoms with Crippen molar-refractivity contribution in [1.82, 2.24) is 14.5 Å². The summed E-state index contributed by atoms with van der Waals surface area (Å²) < 4.78 is 1.92. The second-order valence-electron chi connectivity index (χ2n) is 5.71. The Kier molecular flexibility index (Phi) is 4.26. The van der Waals surface area contributed by atoms with Crippen LogP contribution in [0.1, 0.15) is 26.2 Å². The summed E-state index contributed by atoms with van der Waals surface area (Å²) in [4.78, 5) is 30.3. The second-order valence-corrected chi connectivity index (χ2v) is 6.15. The normalized spacial score (nSPS) is 18.5. The lowest BCUT2D eigenvalue weighted by atomic mass is 10.0. The molecule has 0 saturated carbocycles. The molecule has 1 aliphatic heterocycles. The van der Waals surface area contributed by atoms with Crippen LogP contribution in [0.4, 0.5) is 5.95 Å². The molecule has 1 aromatic carbocycles. The number of hydrogen-bond donors (Lipinski definition) is 1. The molecule has 1 aliphatic rings. The number of amides is 2. The smallest absolute Gasteiger partial charge is 0.249 e. The van der Waals surface area contributed by atoms with Gasteiger partial charge in [-0.2, -0.15) is 0 Å². The predicted octanol–water partition coefficient (Wildman–Crippen LogP) is 2.66. The number of nitrogens with zero attached hydrogens (tertiary/aromatic N) is 3. The molecule has 0 aliphatic carbocycles. The van der Waals surface area contributed by atoms with E-state index in [0.29, 0.717) is 30.4 Å². The fourth-order valence-corrected chi connectivity index (χ4v) is 3.18. The lowest BCUT2D eigenvalue weighted by molar-refractivity contribution is -0.140. The average Bonchev–Trinajstić information content (AvgIpc) is 2.85. The van der Waals surface area contributed by atoms with Gasteiger partial charge in [0.1, 0.15) is 6.04 Å². The van der Waals surface area contributed by atoms with E-state index in [0.717, 1.165) is 17.5 Å². The summed E-state index contributed by atoms with van der Waals surface area (Å²) in [6.07, 6.45) is 1.92. The number of anilines is 1. The minimum atomic E-state index is -0.440. The third kappa shape index (κ3) is 2.91. The van der Waals surface area contributed by atoms with Crippen LogP contribution in [-0.2, 0) is 16.1 Å². The van der Waals surface area contributed by atoms with Crippen molar-refractivity contribution >= 4 is 40.4 Å². The zero-order valence-corrected chi connectivity index (χ0v) is 13.9. The number of hydrogen-bond acceptors (Lipinski definition) is 3. The maximum atomic E-state index is 12.6. The summed E-state index contributed by atoms with van der Waals surface area (Å²) in [5.41, 5.74) is 1.66. The summed E-state index contributed by atoms with van der Waals surface area (Å²) >= 11 is 6.01. The number of aromatic nitrogens is 2. The molecule has 0 bridgehead atoms. The highest BCUT2D eigenvalue weighted by molar-refractivity contribution is 6.31. The van der Waals surface area contributed by atoms with Gasteiger partial charge in [0.2, 0.25) is 17.8 Å². The van der Waals surface area contributed by atoms with Crippen molar-refractivity contribution in [3.63, 3.8) is 0 Å². The molecule has 6 nitrogen and oxygen atoms in total. The second kappa shape index (κ2) is 6.20. The van der Waals surface area contributed by atoms with Crippen molar-refractivity contribution in [3.8, 4) is 0 Å². The lowest BCUT2D eigenvalue weighted by Gasteiger charge is -2.31. The van der Waals surface area contributed by atoms with E-state index >= 15 is 0 Å². The largest absolute Gasteiger partial charge is 0.334 e. The maximum Gasteiger partial charge on any atom is 0.249 e. The van der Waals surface area contributed by atoms with Crippen LogP contribution in [0, 0.1) is 0 Å². The molecule has 0 radical (unpaired) electrons. The van der Waals surface area contributed by atoms with Crippen LogP contribution >= 0.6 is 11.6 Å². The topological polar surface area (TPSA) is 67.2 Å². The van der Waals surface area contributed by atoms with Crippen molar-refractivity contribution < 1.29 is 9.59 Å². The Morgan fingerprint density at radius 1 is 1.48 bits per heavy atom. The molecule has 0 unspecified atom stereocenters. The van der Waals surface area contributed by atoms with E-state index in [2.05, 4.69) is 10.3 Å². The fourth-order valence-electron chi connectivity index (χ4n) is 3.01. The molecule has 2 heterocycles. The SMILES string of the molecule is CCn1c(NC(=O)[C@@H]2CCCC(=O)N2C)nc2cc(Cl)ccc21. The Labute approximate surface area is 139 Å². The monoisotopic (exact) mass is 334 g/mol. The Hall–Kier alpha value is -2.08. The number of halogens is 1. The van der Waals surface area contributed by atoms with Crippen molar-refractivity contribution in [3.05, 3.63) is 23.2 Å². The minimum absolute atomic E-state index is 0.00664. The van der Waals surface area contributed by atoms with E-state index in [9.17, 15) is 9.59 Å². The van der Waals surface area contributed by atoms with E-state index in [1.165, 1.54) is 4.90 Å². The molecule has 1 aromatic heterocycles. The van der Waals surface area contributed by atoms with Crippen LogP contribution in [0.5, 0.6) is 0 Å². The number of nitrogens with one attached hydrogen (secondary N) is 1. The predicted molar refractivity (Wildman–Crippen MR) is 89.5 cm³/mol. The van der Waals surface area contributed by atoms with Gasteiger partial charge in [0, 0.05) is 25.0 Å². The van der Waals surface area contributed by atoms with Gasteiger partial charge in [0.25, 0.3) is 0 Å². The Morgan fingerprint density at radius 2 is 2.26 bits per heavy atom. The van der Waals surface area contributed by atoms with Crippen molar-refractivity contribution in [2.45, 2.75) is 38.8 Å². The molecular weight excluding hydrogens is 316 g/mol. The van der Waals surface area contributed by atoms with Gasteiger partial charge in [0.15, 0.2) is 0 Å². The van der Waals surface area contributed by atoms with Crippen molar-refractivity contribution in [2.75, 3.05) is 12.4 Å². The van der Waals surface area contributed by atoms with Crippen LogP contribution in [0.15, 0.2) is 18.2 Å². The molecule has 1 atom stereocenters. The Morgan fingerprint density at radius 3 is 3.00 bits per heavy atom. The van der Waals surface area contributed by atoms with Crippen LogP contribution in [0.3, 0.4) is 0 Å². The third-order valence-corrected chi connectivity index (χ3v) is 4.53. The standard InChI is InChI=1S/C16H19ClN4O2/c1-3-21-12-8-7-10(17)9-11(12)18-16(21)19-15(23)13-5-4-6-14(22)20(13)2/h7-9,13H,3-6H2,1-2H3,(H,18,19,23)/t13-/m0/s1. The van der Waals surface area contributed by atoms with Gasteiger partial charge < -0.3 is 9.47 Å². The molecule has 2 aromatic rings. The van der Waals surface area contributed by atoms with Gasteiger partial charge in [-0.05, 0) is 38.0 Å². The van der Waals surface area contributed by atoms with Gasteiger partial charge in [-0.25, -0.2) is 4.98 Å². The van der Waals surface area contributed by atoms with E-state index < -0.39 is 6.04 Å². The first kappa shape index (κ1) is 15.8. The molecular formula is C16H19ClN4O2. The van der Waals surface area contributed by atoms with Crippen LogP contribution < -0.4 is 5.32 Å². The number of imidazole rings is 1. The first-order chi connectivity index (χ1) is 11.0. The number of carbonyl (C=O) groups excluding carboxylic acids is 2. The molecule has 1 fully saturated rings. The van der Waals surface area contributed by atoms with Crippen LogP contribution in [-0.4, -0.2) is 39.4 Å². The maximum absolute atomic E-state index is 12.6. The number of likely N-dealkylation sites (N-methyl/N-ethyl adjacent to an activating group) is 1. The molecule has 7 heteroatoms. The first-order valence-electron chi connectivity index (χ1n) is 7.73. The molecule has 23 heavy (non-hydrogen) atoms. The van der Waals surface area contributed by atoms with Crippen LogP contribution in [0.2, 0.25) is 5.02 Å². The number of aryl methyl sites for hydroxylation is 1. The van der Waals surface area contributed by atoms with Gasteiger partial charge in [-0.15, -0.1) is 0 Å². The van der Waals surface area contributed by atoms with E-state index in [1.807, 2.05) is 17.6 Å². The summed E-state index contributed by atoms with van der Waals surface area (Å²) in [6.45, 7) is 2.66. The molecule has 1 saturated heterocycles. The zero-order chi connectivity index (χ0) is 16.6. The lowest BCUT2D eigenvalue weighted by Crippen LogP contribution is -2.47. The van der Waals surface area contributed by atoms with Gasteiger partial charge in [-0.3, -0.25) is 14.9 Å². The van der Waals surface area contributed by atoms with E-state index in [1.54, 1.807) is 19.2 Å². The molecule has 0 spiro atoms. The highest BCUT2D eigenvalue weighted by atomic mass is 35.5. The number of rotatable bonds is 3. The van der Waals surface area contributed by atoms with Crippen molar-refractivity contribution in [1.29, 1.82) is 0 Å². The number of carbonyl (C=O) groups is 2. The van der Waals surface area contributed by atoms with Gasteiger partial charge >= 0.3 is 0 Å². The minimum Gasteiger partial charge on any atom is -0.334 e. The summed E-state index contributed by atoms with van der Waals surface area (Å²) in [5, 5.41) is 3.47. The molecule has 3 rings (SSSR count). The molecule has 1 N–H and O–H groups in total. The highest BCUT2D eigenvalue weighted by Gasteiger charge is 2.31. The number of benzene rings is 1. The number of piperidine rings is 1. The zero-order valence-electron chi connectivity index (χ0n) is 13.2. The quantitative estimate of drug-likeness (QED) is 0.938. The fraction of sp³-hybridized carbons (Fsp3) is 0.438. The van der Waals surface area contributed by atoms with E-state index in [4.69, 9.17) is 11.6 Å². The average molecular weight is 335 g/mol. The summed E-state index contributed by atoms with van der Waals surface area (Å²) in [5.74, 6) is 0.296. The first-order valence-corrected chi connectivity index (χ1v) is 8.11. The Bertz CT molecular complexity index is 771. The van der Waals surface area contributed by atoms with Crippen LogP contribution in [0.25, 0.3) is 11.0 Å². The molecule has 122 valence electrons. The van der Waals surface area contributed by atoms with Gasteiger partial charge in [0.05, 0.1) is 11.0 Å². The Balaban J connectivity index is 1.88. The number of likely N-dealkylation sites (tertiary alicyclic amines) is 1.